The molecule has 0 bridgehead atoms. The highest BCUT2D eigenvalue weighted by Crippen LogP contribution is 2.34. The van der Waals surface area contributed by atoms with Crippen molar-refractivity contribution in [3.05, 3.63) is 36.4 Å². The second-order valence-electron chi connectivity index (χ2n) is 3.41. The lowest BCUT2D eigenvalue weighted by Crippen LogP contribution is -1.87. The Hall–Kier alpha value is -0.360. The van der Waals surface area contributed by atoms with Crippen LogP contribution in [0.15, 0.2) is 56.0 Å². The standard InChI is InChI=1S/C12H10OS4/c14-7-1-3-11(16)9(5-7)13-10-6-8(15)2-4-12(10)17/h1-6,14-17H. The molecule has 17 heavy (non-hydrogen) atoms. The fraction of sp³-hybridized carbons (Fsp3) is 0. The average molecular weight is 298 g/mol. The lowest BCUT2D eigenvalue weighted by molar-refractivity contribution is 0.457. The van der Waals surface area contributed by atoms with Gasteiger partial charge in [-0.05, 0) is 36.4 Å². The van der Waals surface area contributed by atoms with E-state index in [1.165, 1.54) is 0 Å². The minimum absolute atomic E-state index is 0.648. The van der Waals surface area contributed by atoms with Crippen LogP contribution in [0.3, 0.4) is 0 Å². The van der Waals surface area contributed by atoms with E-state index in [0.29, 0.717) is 11.5 Å². The molecule has 0 aromatic heterocycles. The summed E-state index contributed by atoms with van der Waals surface area (Å²) in [6.45, 7) is 0. The van der Waals surface area contributed by atoms with E-state index in [2.05, 4.69) is 50.5 Å². The summed E-state index contributed by atoms with van der Waals surface area (Å²) in [5, 5.41) is 0. The van der Waals surface area contributed by atoms with Gasteiger partial charge in [0.15, 0.2) is 0 Å². The monoisotopic (exact) mass is 298 g/mol. The Balaban J connectivity index is 2.37. The van der Waals surface area contributed by atoms with Crippen LogP contribution in [0, 0.1) is 0 Å². The van der Waals surface area contributed by atoms with E-state index in [1.54, 1.807) is 0 Å². The van der Waals surface area contributed by atoms with Gasteiger partial charge in [-0.2, -0.15) is 0 Å². The van der Waals surface area contributed by atoms with E-state index in [9.17, 15) is 0 Å². The summed E-state index contributed by atoms with van der Waals surface area (Å²) in [4.78, 5) is 3.14. The van der Waals surface area contributed by atoms with Crippen LogP contribution in [0.25, 0.3) is 0 Å². The summed E-state index contributed by atoms with van der Waals surface area (Å²) < 4.78 is 5.75. The summed E-state index contributed by atoms with van der Waals surface area (Å²) in [5.41, 5.74) is 0. The lowest BCUT2D eigenvalue weighted by Gasteiger charge is -2.11. The molecule has 88 valence electrons. The van der Waals surface area contributed by atoms with Crippen molar-refractivity contribution in [2.75, 3.05) is 0 Å². The fourth-order valence-corrected chi connectivity index (χ4v) is 2.04. The number of thiol groups is 4. The van der Waals surface area contributed by atoms with Crippen LogP contribution in [0.1, 0.15) is 0 Å². The predicted octanol–water partition coefficient (Wildman–Crippen LogP) is 4.63. The van der Waals surface area contributed by atoms with Gasteiger partial charge in [-0.1, -0.05) is 0 Å². The number of ether oxygens (including phenoxy) is 1. The SMILES string of the molecule is Sc1ccc(S)c(Oc2cc(S)ccc2S)c1. The first-order chi connectivity index (χ1) is 8.06. The Bertz CT molecular complexity index is 505. The quantitative estimate of drug-likeness (QED) is 0.591. The molecule has 0 N–H and O–H groups in total. The van der Waals surface area contributed by atoms with Crippen molar-refractivity contribution in [2.45, 2.75) is 19.6 Å². The third-order valence-electron chi connectivity index (χ3n) is 2.11. The van der Waals surface area contributed by atoms with E-state index in [0.717, 1.165) is 19.6 Å². The number of hydrogen-bond acceptors (Lipinski definition) is 5. The maximum absolute atomic E-state index is 5.75. The average Bonchev–Trinajstić information content (AvgIpc) is 2.28. The molecule has 0 unspecified atom stereocenters. The van der Waals surface area contributed by atoms with Crippen molar-refractivity contribution in [1.82, 2.24) is 0 Å². The van der Waals surface area contributed by atoms with Crippen LogP contribution in [-0.2, 0) is 0 Å². The van der Waals surface area contributed by atoms with Crippen LogP contribution in [0.2, 0.25) is 0 Å². The molecule has 0 aliphatic heterocycles. The maximum atomic E-state index is 5.75. The molecule has 0 saturated carbocycles. The molecule has 0 atom stereocenters. The van der Waals surface area contributed by atoms with Gasteiger partial charge in [0.05, 0.1) is 0 Å². The van der Waals surface area contributed by atoms with Gasteiger partial charge < -0.3 is 4.74 Å². The van der Waals surface area contributed by atoms with E-state index >= 15 is 0 Å². The third-order valence-corrected chi connectivity index (χ3v) is 3.40. The van der Waals surface area contributed by atoms with Crippen LogP contribution in [0.5, 0.6) is 11.5 Å². The van der Waals surface area contributed by atoms with Crippen molar-refractivity contribution in [3.8, 4) is 11.5 Å². The van der Waals surface area contributed by atoms with Gasteiger partial charge in [0, 0.05) is 19.6 Å². The fourth-order valence-electron chi connectivity index (χ4n) is 1.29. The minimum Gasteiger partial charge on any atom is -0.455 e. The Morgan fingerprint density at radius 3 is 1.47 bits per heavy atom. The molecule has 2 aromatic carbocycles. The molecular weight excluding hydrogens is 288 g/mol. The third kappa shape index (κ3) is 3.31. The summed E-state index contributed by atoms with van der Waals surface area (Å²) in [5.74, 6) is 1.30. The van der Waals surface area contributed by atoms with E-state index < -0.39 is 0 Å². The topological polar surface area (TPSA) is 9.23 Å². The first-order valence-corrected chi connectivity index (χ1v) is 6.57. The molecule has 0 fully saturated rings. The van der Waals surface area contributed by atoms with E-state index in [1.807, 2.05) is 36.4 Å². The van der Waals surface area contributed by atoms with Crippen molar-refractivity contribution < 1.29 is 4.74 Å². The molecule has 0 aliphatic carbocycles. The normalized spacial score (nSPS) is 10.4. The van der Waals surface area contributed by atoms with Crippen molar-refractivity contribution in [2.24, 2.45) is 0 Å². The summed E-state index contributed by atoms with van der Waals surface area (Å²) in [6.07, 6.45) is 0. The minimum atomic E-state index is 0.648. The van der Waals surface area contributed by atoms with Gasteiger partial charge in [-0.15, -0.1) is 50.5 Å². The summed E-state index contributed by atoms with van der Waals surface area (Å²) >= 11 is 17.2. The molecule has 5 heteroatoms. The predicted molar refractivity (Wildman–Crippen MR) is 82.0 cm³/mol. The van der Waals surface area contributed by atoms with Crippen LogP contribution >= 0.6 is 50.5 Å². The number of hydrogen-bond donors (Lipinski definition) is 4. The van der Waals surface area contributed by atoms with Gasteiger partial charge in [0.2, 0.25) is 0 Å². The second kappa shape index (κ2) is 5.52. The van der Waals surface area contributed by atoms with Gasteiger partial charge in [-0.25, -0.2) is 0 Å². The maximum Gasteiger partial charge on any atom is 0.141 e. The van der Waals surface area contributed by atoms with Crippen molar-refractivity contribution >= 4 is 50.5 Å². The van der Waals surface area contributed by atoms with Gasteiger partial charge in [-0.3, -0.25) is 0 Å². The Morgan fingerprint density at radius 2 is 1.06 bits per heavy atom. The zero-order valence-electron chi connectivity index (χ0n) is 8.66. The second-order valence-corrected chi connectivity index (χ2v) is 5.40. The molecular formula is C12H10OS4. The molecule has 0 spiro atoms. The summed E-state index contributed by atoms with van der Waals surface area (Å²) in [7, 11) is 0. The molecule has 2 rings (SSSR count). The van der Waals surface area contributed by atoms with Crippen LogP contribution in [0.4, 0.5) is 0 Å². The van der Waals surface area contributed by atoms with E-state index in [-0.39, 0.29) is 0 Å². The summed E-state index contributed by atoms with van der Waals surface area (Å²) in [6, 6.07) is 11.0. The zero-order valence-corrected chi connectivity index (χ0v) is 12.2. The molecule has 0 saturated heterocycles. The largest absolute Gasteiger partial charge is 0.455 e. The number of benzene rings is 2. The molecule has 0 heterocycles. The van der Waals surface area contributed by atoms with Gasteiger partial charge in [0.1, 0.15) is 11.5 Å². The first kappa shape index (κ1) is 13.1. The number of rotatable bonds is 2. The smallest absolute Gasteiger partial charge is 0.141 e. The lowest BCUT2D eigenvalue weighted by atomic mass is 10.3. The highest BCUT2D eigenvalue weighted by atomic mass is 32.1. The van der Waals surface area contributed by atoms with Crippen molar-refractivity contribution in [1.29, 1.82) is 0 Å². The Kier molecular flexibility index (Phi) is 4.25. The van der Waals surface area contributed by atoms with Gasteiger partial charge >= 0.3 is 0 Å². The van der Waals surface area contributed by atoms with Crippen LogP contribution in [-0.4, -0.2) is 0 Å². The van der Waals surface area contributed by atoms with Crippen molar-refractivity contribution in [3.63, 3.8) is 0 Å². The van der Waals surface area contributed by atoms with Crippen LogP contribution < -0.4 is 4.74 Å². The molecule has 2 aromatic rings. The molecule has 0 amide bonds. The van der Waals surface area contributed by atoms with E-state index in [4.69, 9.17) is 4.74 Å². The van der Waals surface area contributed by atoms with Gasteiger partial charge in [0.25, 0.3) is 0 Å². The zero-order chi connectivity index (χ0) is 12.4. The first-order valence-electron chi connectivity index (χ1n) is 4.78. The Morgan fingerprint density at radius 1 is 0.647 bits per heavy atom. The Labute approximate surface area is 122 Å². The highest BCUT2D eigenvalue weighted by Gasteiger charge is 2.06. The molecule has 1 nitrogen and oxygen atoms in total. The molecule has 0 aliphatic rings. The molecule has 0 radical (unpaired) electrons. The highest BCUT2D eigenvalue weighted by molar-refractivity contribution is 7.81.